The van der Waals surface area contributed by atoms with Crippen LogP contribution < -0.4 is 5.32 Å². The molecule has 0 radical (unpaired) electrons. The van der Waals surface area contributed by atoms with Crippen LogP contribution in [0.4, 0.5) is 0 Å². The molecule has 0 spiro atoms. The summed E-state index contributed by atoms with van der Waals surface area (Å²) in [6.07, 6.45) is 7.10. The van der Waals surface area contributed by atoms with E-state index in [1.165, 1.54) is 12.8 Å². The molecule has 1 fully saturated rings. The lowest BCUT2D eigenvalue weighted by molar-refractivity contribution is 0.119. The summed E-state index contributed by atoms with van der Waals surface area (Å²) in [6, 6.07) is 6.06. The van der Waals surface area contributed by atoms with Gasteiger partial charge in [0.05, 0.1) is 17.5 Å². The van der Waals surface area contributed by atoms with Crippen LogP contribution in [0.5, 0.6) is 0 Å². The van der Waals surface area contributed by atoms with Gasteiger partial charge < -0.3 is 10.4 Å². The monoisotopic (exact) mass is 303 g/mol. The van der Waals surface area contributed by atoms with Crippen molar-refractivity contribution in [1.29, 1.82) is 0 Å². The average Bonchev–Trinajstić information content (AvgIpc) is 2.90. The summed E-state index contributed by atoms with van der Waals surface area (Å²) in [6.45, 7) is 0.713. The van der Waals surface area contributed by atoms with Crippen molar-refractivity contribution < 1.29 is 5.11 Å². The Labute approximate surface area is 129 Å². The van der Waals surface area contributed by atoms with E-state index in [4.69, 9.17) is 0 Å². The molecule has 2 heterocycles. The standard InChI is InChI=1S/C16H21N3OS/c20-15-8-3-1-2-6-13(15)18-10-12-11-21-16(19-12)14-7-4-5-9-17-14/h4-5,7,9,11,13,15,18,20H,1-3,6,8,10H2. The molecule has 0 aromatic carbocycles. The van der Waals surface area contributed by atoms with Gasteiger partial charge in [0.15, 0.2) is 0 Å². The fraction of sp³-hybridized carbons (Fsp3) is 0.500. The van der Waals surface area contributed by atoms with Gasteiger partial charge in [0.1, 0.15) is 5.01 Å². The van der Waals surface area contributed by atoms with E-state index in [1.807, 2.05) is 18.2 Å². The van der Waals surface area contributed by atoms with Crippen molar-refractivity contribution in [2.45, 2.75) is 50.8 Å². The van der Waals surface area contributed by atoms with E-state index in [0.717, 1.165) is 35.7 Å². The highest BCUT2D eigenvalue weighted by Gasteiger charge is 2.21. The first-order valence-electron chi connectivity index (χ1n) is 7.60. The average molecular weight is 303 g/mol. The summed E-state index contributed by atoms with van der Waals surface area (Å²) in [5, 5.41) is 16.6. The molecular formula is C16H21N3OS. The summed E-state index contributed by atoms with van der Waals surface area (Å²) in [5.41, 5.74) is 1.94. The topological polar surface area (TPSA) is 58.0 Å². The molecule has 112 valence electrons. The molecule has 1 saturated carbocycles. The molecular weight excluding hydrogens is 282 g/mol. The maximum Gasteiger partial charge on any atom is 0.142 e. The van der Waals surface area contributed by atoms with E-state index < -0.39 is 0 Å². The lowest BCUT2D eigenvalue weighted by Crippen LogP contribution is -2.38. The highest BCUT2D eigenvalue weighted by atomic mass is 32.1. The van der Waals surface area contributed by atoms with Crippen LogP contribution >= 0.6 is 11.3 Å². The van der Waals surface area contributed by atoms with Gasteiger partial charge in [-0.2, -0.15) is 0 Å². The second kappa shape index (κ2) is 7.11. The third-order valence-corrected chi connectivity index (χ3v) is 4.87. The van der Waals surface area contributed by atoms with E-state index in [2.05, 4.69) is 20.7 Å². The van der Waals surface area contributed by atoms with Crippen molar-refractivity contribution in [2.75, 3.05) is 0 Å². The minimum atomic E-state index is -0.221. The quantitative estimate of drug-likeness (QED) is 0.853. The SMILES string of the molecule is OC1CCCCCC1NCc1csc(-c2ccccn2)n1. The van der Waals surface area contributed by atoms with Crippen molar-refractivity contribution in [3.05, 3.63) is 35.5 Å². The molecule has 2 atom stereocenters. The van der Waals surface area contributed by atoms with Crippen LogP contribution in [0.2, 0.25) is 0 Å². The zero-order valence-electron chi connectivity index (χ0n) is 12.0. The third kappa shape index (κ3) is 3.87. The maximum atomic E-state index is 10.1. The Balaban J connectivity index is 1.60. The molecule has 5 heteroatoms. The smallest absolute Gasteiger partial charge is 0.142 e. The Morgan fingerprint density at radius 2 is 2.14 bits per heavy atom. The Hall–Kier alpha value is -1.30. The van der Waals surface area contributed by atoms with Crippen molar-refractivity contribution >= 4 is 11.3 Å². The summed E-state index contributed by atoms with van der Waals surface area (Å²) in [5.74, 6) is 0. The molecule has 2 unspecified atom stereocenters. The fourth-order valence-electron chi connectivity index (χ4n) is 2.76. The van der Waals surface area contributed by atoms with Crippen LogP contribution in [0.3, 0.4) is 0 Å². The van der Waals surface area contributed by atoms with Crippen LogP contribution in [0.25, 0.3) is 10.7 Å². The normalized spacial score (nSPS) is 22.9. The molecule has 4 nitrogen and oxygen atoms in total. The van der Waals surface area contributed by atoms with Crippen molar-refractivity contribution in [2.24, 2.45) is 0 Å². The number of pyridine rings is 1. The molecule has 0 bridgehead atoms. The molecule has 0 saturated heterocycles. The van der Waals surface area contributed by atoms with Gasteiger partial charge in [-0.25, -0.2) is 4.98 Å². The van der Waals surface area contributed by atoms with Crippen molar-refractivity contribution in [3.8, 4) is 10.7 Å². The number of aromatic nitrogens is 2. The third-order valence-electron chi connectivity index (χ3n) is 3.96. The van der Waals surface area contributed by atoms with Gasteiger partial charge in [0, 0.05) is 24.2 Å². The molecule has 21 heavy (non-hydrogen) atoms. The van der Waals surface area contributed by atoms with Gasteiger partial charge in [-0.1, -0.05) is 25.3 Å². The zero-order valence-corrected chi connectivity index (χ0v) is 12.9. The molecule has 1 aliphatic rings. The minimum Gasteiger partial charge on any atom is -0.392 e. The van der Waals surface area contributed by atoms with E-state index >= 15 is 0 Å². The summed E-state index contributed by atoms with van der Waals surface area (Å²) < 4.78 is 0. The second-order valence-corrected chi connectivity index (χ2v) is 6.41. The Morgan fingerprint density at radius 1 is 1.24 bits per heavy atom. The molecule has 3 rings (SSSR count). The van der Waals surface area contributed by atoms with Crippen LogP contribution in [0.1, 0.15) is 37.8 Å². The van der Waals surface area contributed by atoms with Gasteiger partial charge in [0.2, 0.25) is 0 Å². The van der Waals surface area contributed by atoms with Gasteiger partial charge in [-0.05, 0) is 25.0 Å². The number of hydrogen-bond donors (Lipinski definition) is 2. The first-order chi connectivity index (χ1) is 10.3. The summed E-state index contributed by atoms with van der Waals surface area (Å²) >= 11 is 1.62. The highest BCUT2D eigenvalue weighted by Crippen LogP contribution is 2.22. The maximum absolute atomic E-state index is 10.1. The number of aliphatic hydroxyl groups excluding tert-OH is 1. The first-order valence-corrected chi connectivity index (χ1v) is 8.48. The van der Waals surface area contributed by atoms with Crippen LogP contribution in [-0.4, -0.2) is 27.2 Å². The number of hydrogen-bond acceptors (Lipinski definition) is 5. The van der Waals surface area contributed by atoms with Crippen LogP contribution in [0, 0.1) is 0 Å². The largest absolute Gasteiger partial charge is 0.392 e. The van der Waals surface area contributed by atoms with Crippen molar-refractivity contribution in [1.82, 2.24) is 15.3 Å². The molecule has 2 aromatic rings. The van der Waals surface area contributed by atoms with Gasteiger partial charge >= 0.3 is 0 Å². The number of thiazole rings is 1. The number of aliphatic hydroxyl groups is 1. The molecule has 2 aromatic heterocycles. The molecule has 0 aliphatic heterocycles. The second-order valence-electron chi connectivity index (χ2n) is 5.55. The number of nitrogens with zero attached hydrogens (tertiary/aromatic N) is 2. The van der Waals surface area contributed by atoms with E-state index in [1.54, 1.807) is 17.5 Å². The fourth-order valence-corrected chi connectivity index (χ4v) is 3.55. The zero-order chi connectivity index (χ0) is 14.5. The number of nitrogens with one attached hydrogen (secondary N) is 1. The lowest BCUT2D eigenvalue weighted by atomic mass is 10.1. The summed E-state index contributed by atoms with van der Waals surface area (Å²) in [4.78, 5) is 8.95. The predicted molar refractivity (Wildman–Crippen MR) is 85.1 cm³/mol. The highest BCUT2D eigenvalue weighted by molar-refractivity contribution is 7.13. The summed E-state index contributed by atoms with van der Waals surface area (Å²) in [7, 11) is 0. The van der Waals surface area contributed by atoms with Crippen molar-refractivity contribution in [3.63, 3.8) is 0 Å². The van der Waals surface area contributed by atoms with Gasteiger partial charge in [-0.3, -0.25) is 4.98 Å². The lowest BCUT2D eigenvalue weighted by Gasteiger charge is -2.21. The molecule has 0 amide bonds. The van der Waals surface area contributed by atoms with Gasteiger partial charge in [-0.15, -0.1) is 11.3 Å². The first kappa shape index (κ1) is 14.6. The Bertz CT molecular complexity index is 558. The Morgan fingerprint density at radius 3 is 3.00 bits per heavy atom. The predicted octanol–water partition coefficient (Wildman–Crippen LogP) is 2.99. The van der Waals surface area contributed by atoms with E-state index in [0.29, 0.717) is 6.54 Å². The van der Waals surface area contributed by atoms with Crippen LogP contribution in [0.15, 0.2) is 29.8 Å². The Kier molecular flexibility index (Phi) is 4.95. The minimum absolute atomic E-state index is 0.201. The number of rotatable bonds is 4. The molecule has 1 aliphatic carbocycles. The van der Waals surface area contributed by atoms with E-state index in [-0.39, 0.29) is 12.1 Å². The van der Waals surface area contributed by atoms with E-state index in [9.17, 15) is 5.11 Å². The van der Waals surface area contributed by atoms with Gasteiger partial charge in [0.25, 0.3) is 0 Å². The van der Waals surface area contributed by atoms with Crippen LogP contribution in [-0.2, 0) is 6.54 Å². The molecule has 2 N–H and O–H groups in total.